The van der Waals surface area contributed by atoms with Gasteiger partial charge in [-0.15, -0.1) is 0 Å². The minimum absolute atomic E-state index is 0.510. The third-order valence-corrected chi connectivity index (χ3v) is 3.96. The van der Waals surface area contributed by atoms with Crippen molar-refractivity contribution in [3.63, 3.8) is 0 Å². The summed E-state index contributed by atoms with van der Waals surface area (Å²) < 4.78 is 1.89. The van der Waals surface area contributed by atoms with E-state index in [2.05, 4.69) is 25.3 Å². The Morgan fingerprint density at radius 2 is 1.95 bits per heavy atom. The number of hydrogen-bond acceptors (Lipinski definition) is 5. The van der Waals surface area contributed by atoms with Crippen LogP contribution in [0.1, 0.15) is 25.7 Å². The van der Waals surface area contributed by atoms with Crippen molar-refractivity contribution in [2.24, 2.45) is 0 Å². The smallest absolute Gasteiger partial charge is 0.212 e. The molecule has 1 aliphatic heterocycles. The van der Waals surface area contributed by atoms with Gasteiger partial charge in [-0.3, -0.25) is 4.79 Å². The Kier molecular flexibility index (Phi) is 4.40. The van der Waals surface area contributed by atoms with E-state index in [1.54, 1.807) is 6.20 Å². The quantitative estimate of drug-likeness (QED) is 0.839. The number of carbonyl (C=O) groups excluding carboxylic acids is 1. The van der Waals surface area contributed by atoms with Crippen LogP contribution in [-0.4, -0.2) is 50.7 Å². The average molecular weight is 288 g/mol. The number of anilines is 1. The highest BCUT2D eigenvalue weighted by molar-refractivity contribution is 5.90. The van der Waals surface area contributed by atoms with Crippen molar-refractivity contribution < 1.29 is 4.79 Å². The Hall–Kier alpha value is -2.02. The normalized spacial score (nSPS) is 16.8. The first kappa shape index (κ1) is 13.9. The Labute approximate surface area is 123 Å². The van der Waals surface area contributed by atoms with Crippen LogP contribution in [0.2, 0.25) is 0 Å². The number of likely N-dealkylation sites (tertiary alicyclic amines) is 1. The number of hydrogen-bond donors (Lipinski definition) is 1. The van der Waals surface area contributed by atoms with Crippen molar-refractivity contribution in [2.75, 3.05) is 25.0 Å². The minimum Gasteiger partial charge on any atom is -0.313 e. The molecule has 2 aromatic heterocycles. The van der Waals surface area contributed by atoms with E-state index < -0.39 is 0 Å². The number of carbonyl (C=O) groups is 1. The Morgan fingerprint density at radius 1 is 1.14 bits per heavy atom. The van der Waals surface area contributed by atoms with Gasteiger partial charge in [0.25, 0.3) is 0 Å². The van der Waals surface area contributed by atoms with E-state index >= 15 is 0 Å². The Bertz CT molecular complexity index is 603. The molecule has 0 bridgehead atoms. The number of amides is 1. The number of nitrogens with one attached hydrogen (secondary N) is 1. The predicted octanol–water partition coefficient (Wildman–Crippen LogP) is 1.27. The molecule has 112 valence electrons. The summed E-state index contributed by atoms with van der Waals surface area (Å²) in [6.45, 7) is 4.14. The maximum atomic E-state index is 10.6. The molecule has 0 atom stereocenters. The summed E-state index contributed by atoms with van der Waals surface area (Å²) in [5.41, 5.74) is 0.768. The second-order valence-corrected chi connectivity index (χ2v) is 5.35. The molecule has 3 heterocycles. The molecule has 21 heavy (non-hydrogen) atoms. The molecule has 0 aromatic carbocycles. The van der Waals surface area contributed by atoms with Gasteiger partial charge in [0.05, 0.1) is 18.1 Å². The fourth-order valence-corrected chi connectivity index (χ4v) is 2.82. The Balaban J connectivity index is 1.72. The highest BCUT2D eigenvalue weighted by Gasteiger charge is 2.12. The van der Waals surface area contributed by atoms with Crippen LogP contribution >= 0.6 is 0 Å². The summed E-state index contributed by atoms with van der Waals surface area (Å²) in [5, 5.41) is 7.74. The summed E-state index contributed by atoms with van der Waals surface area (Å²) in [6, 6.07) is 0. The standard InChI is InChI=1S/C14H20N6O/c21-11-17-13-12-9-18-20(14(12)16-10-15-13)8-7-19-5-3-1-2-4-6-19/h9-11H,1-8H2,(H,15,16,17,21). The zero-order chi connectivity index (χ0) is 14.5. The van der Waals surface area contributed by atoms with Gasteiger partial charge in [-0.25, -0.2) is 14.6 Å². The first-order valence-electron chi connectivity index (χ1n) is 7.47. The summed E-state index contributed by atoms with van der Waals surface area (Å²) in [5.74, 6) is 0.510. The second kappa shape index (κ2) is 6.62. The SMILES string of the molecule is O=CNc1ncnc2c1cnn2CCN1CCCCCC1. The highest BCUT2D eigenvalue weighted by atomic mass is 16.1. The first-order chi connectivity index (χ1) is 10.4. The molecule has 0 unspecified atom stereocenters. The molecule has 3 rings (SSSR count). The second-order valence-electron chi connectivity index (χ2n) is 5.35. The number of nitrogens with zero attached hydrogens (tertiary/aromatic N) is 5. The van der Waals surface area contributed by atoms with Crippen molar-refractivity contribution in [2.45, 2.75) is 32.2 Å². The van der Waals surface area contributed by atoms with Crippen LogP contribution in [0.25, 0.3) is 11.0 Å². The van der Waals surface area contributed by atoms with E-state index in [-0.39, 0.29) is 0 Å². The van der Waals surface area contributed by atoms with Gasteiger partial charge in [-0.1, -0.05) is 12.8 Å². The van der Waals surface area contributed by atoms with Gasteiger partial charge in [0.1, 0.15) is 12.1 Å². The predicted molar refractivity (Wildman–Crippen MR) is 79.9 cm³/mol. The molecule has 1 aliphatic rings. The molecule has 0 saturated carbocycles. The molecule has 1 amide bonds. The van der Waals surface area contributed by atoms with Gasteiger partial charge in [0.2, 0.25) is 6.41 Å². The lowest BCUT2D eigenvalue weighted by Gasteiger charge is -2.19. The molecule has 7 nitrogen and oxygen atoms in total. The van der Waals surface area contributed by atoms with Crippen LogP contribution in [0.4, 0.5) is 5.82 Å². The molecule has 1 fully saturated rings. The van der Waals surface area contributed by atoms with E-state index in [4.69, 9.17) is 0 Å². The molecule has 2 aromatic rings. The van der Waals surface area contributed by atoms with Crippen LogP contribution < -0.4 is 5.32 Å². The van der Waals surface area contributed by atoms with Crippen molar-refractivity contribution in [3.05, 3.63) is 12.5 Å². The van der Waals surface area contributed by atoms with Crippen LogP contribution in [0.5, 0.6) is 0 Å². The maximum absolute atomic E-state index is 10.6. The van der Waals surface area contributed by atoms with E-state index in [1.807, 2.05) is 4.68 Å². The molecule has 7 heteroatoms. The van der Waals surface area contributed by atoms with Gasteiger partial charge in [0.15, 0.2) is 5.65 Å². The Morgan fingerprint density at radius 3 is 2.71 bits per heavy atom. The zero-order valence-electron chi connectivity index (χ0n) is 12.0. The summed E-state index contributed by atoms with van der Waals surface area (Å²) in [7, 11) is 0. The molecule has 1 saturated heterocycles. The van der Waals surface area contributed by atoms with Crippen LogP contribution in [0.3, 0.4) is 0 Å². The topological polar surface area (TPSA) is 75.9 Å². The summed E-state index contributed by atoms with van der Waals surface area (Å²) >= 11 is 0. The van der Waals surface area contributed by atoms with Crippen molar-refractivity contribution in [1.82, 2.24) is 24.6 Å². The lowest BCUT2D eigenvalue weighted by molar-refractivity contribution is -0.105. The van der Waals surface area contributed by atoms with E-state index in [0.717, 1.165) is 24.1 Å². The van der Waals surface area contributed by atoms with Crippen LogP contribution in [0.15, 0.2) is 12.5 Å². The highest BCUT2D eigenvalue weighted by Crippen LogP contribution is 2.18. The van der Waals surface area contributed by atoms with Gasteiger partial charge in [-0.05, 0) is 25.9 Å². The van der Waals surface area contributed by atoms with E-state index in [9.17, 15) is 4.79 Å². The average Bonchev–Trinajstić information content (AvgIpc) is 2.74. The maximum Gasteiger partial charge on any atom is 0.212 e. The largest absolute Gasteiger partial charge is 0.313 e. The van der Waals surface area contributed by atoms with Gasteiger partial charge >= 0.3 is 0 Å². The summed E-state index contributed by atoms with van der Waals surface area (Å²) in [6.07, 6.45) is 9.05. The number of fused-ring (bicyclic) bond motifs is 1. The lowest BCUT2D eigenvalue weighted by atomic mass is 10.2. The molecule has 0 aliphatic carbocycles. The monoisotopic (exact) mass is 288 g/mol. The van der Waals surface area contributed by atoms with E-state index in [0.29, 0.717) is 12.2 Å². The number of aromatic nitrogens is 4. The van der Waals surface area contributed by atoms with Crippen molar-refractivity contribution in [3.8, 4) is 0 Å². The summed E-state index contributed by atoms with van der Waals surface area (Å²) in [4.78, 5) is 21.4. The van der Waals surface area contributed by atoms with Crippen LogP contribution in [0, 0.1) is 0 Å². The van der Waals surface area contributed by atoms with Crippen molar-refractivity contribution >= 4 is 23.3 Å². The van der Waals surface area contributed by atoms with Crippen molar-refractivity contribution in [1.29, 1.82) is 0 Å². The van der Waals surface area contributed by atoms with Gasteiger partial charge in [0, 0.05) is 6.54 Å². The van der Waals surface area contributed by atoms with Crippen LogP contribution in [-0.2, 0) is 11.3 Å². The number of rotatable bonds is 5. The fraction of sp³-hybridized carbons (Fsp3) is 0.571. The minimum atomic E-state index is 0.510. The molecule has 0 spiro atoms. The molecule has 1 N–H and O–H groups in total. The fourth-order valence-electron chi connectivity index (χ4n) is 2.82. The third-order valence-electron chi connectivity index (χ3n) is 3.96. The van der Waals surface area contributed by atoms with Gasteiger partial charge < -0.3 is 10.2 Å². The first-order valence-corrected chi connectivity index (χ1v) is 7.47. The molecular weight excluding hydrogens is 268 g/mol. The molecular formula is C14H20N6O. The molecule has 0 radical (unpaired) electrons. The van der Waals surface area contributed by atoms with E-state index in [1.165, 1.54) is 45.1 Å². The van der Waals surface area contributed by atoms with Gasteiger partial charge in [-0.2, -0.15) is 5.10 Å². The zero-order valence-corrected chi connectivity index (χ0v) is 12.0. The lowest BCUT2D eigenvalue weighted by Crippen LogP contribution is -2.28. The third kappa shape index (κ3) is 3.18.